The van der Waals surface area contributed by atoms with E-state index in [2.05, 4.69) is 55.9 Å². The fourth-order valence-electron chi connectivity index (χ4n) is 4.16. The molecule has 1 aromatic heterocycles. The van der Waals surface area contributed by atoms with Crippen molar-refractivity contribution in [3.05, 3.63) is 65.3 Å². The maximum atomic E-state index is 8.14. The van der Waals surface area contributed by atoms with Crippen LogP contribution in [0.25, 0.3) is 22.0 Å². The molecular weight excluding hydrogens is 290 g/mol. The SMILES string of the molecule is [2H]c1cc(C)c(C)c(-c2c3ccc(C4CCCC4)cc3cc[n+]2C)c1. The van der Waals surface area contributed by atoms with Crippen LogP contribution in [0.3, 0.4) is 0 Å². The van der Waals surface area contributed by atoms with Crippen LogP contribution in [0.4, 0.5) is 0 Å². The second kappa shape index (κ2) is 6.05. The van der Waals surface area contributed by atoms with Crippen molar-refractivity contribution >= 4 is 10.8 Å². The minimum Gasteiger partial charge on any atom is -0.200 e. The molecule has 1 aliphatic rings. The molecule has 0 N–H and O–H groups in total. The topological polar surface area (TPSA) is 3.88 Å². The van der Waals surface area contributed by atoms with Crippen molar-refractivity contribution in [3.63, 3.8) is 0 Å². The summed E-state index contributed by atoms with van der Waals surface area (Å²) in [6.07, 6.45) is 7.55. The van der Waals surface area contributed by atoms with Crippen LogP contribution in [0, 0.1) is 13.8 Å². The number of hydrogen-bond donors (Lipinski definition) is 0. The molecule has 2 aromatic carbocycles. The van der Waals surface area contributed by atoms with Gasteiger partial charge in [-0.1, -0.05) is 37.1 Å². The van der Waals surface area contributed by atoms with Crippen LogP contribution < -0.4 is 4.57 Å². The summed E-state index contributed by atoms with van der Waals surface area (Å²) in [5, 5.41) is 2.59. The number of rotatable bonds is 2. The van der Waals surface area contributed by atoms with Crippen molar-refractivity contribution in [2.75, 3.05) is 0 Å². The van der Waals surface area contributed by atoms with E-state index < -0.39 is 0 Å². The summed E-state index contributed by atoms with van der Waals surface area (Å²) in [5.74, 6) is 0.738. The predicted molar refractivity (Wildman–Crippen MR) is 101 cm³/mol. The Labute approximate surface area is 146 Å². The van der Waals surface area contributed by atoms with Gasteiger partial charge in [0.05, 0.1) is 6.76 Å². The molecule has 0 saturated heterocycles. The third-order valence-corrected chi connectivity index (χ3v) is 5.77. The number of nitrogens with zero attached hydrogens (tertiary/aromatic N) is 1. The monoisotopic (exact) mass is 317 g/mol. The highest BCUT2D eigenvalue weighted by Crippen LogP contribution is 2.36. The molecule has 1 heteroatoms. The zero-order valence-electron chi connectivity index (χ0n) is 15.9. The van der Waals surface area contributed by atoms with Gasteiger partial charge in [-0.05, 0) is 66.8 Å². The van der Waals surface area contributed by atoms with Crippen LogP contribution in [0.15, 0.2) is 48.6 Å². The molecule has 1 aliphatic carbocycles. The standard InChI is InChI=1S/C23H26N/c1-16-7-6-10-21(17(16)2)23-22-12-11-19(18-8-4-5-9-18)15-20(22)13-14-24(23)3/h6-7,10-15,18H,4-5,8-9H2,1-3H3/q+1/i6D. The molecule has 0 atom stereocenters. The fourth-order valence-corrected chi connectivity index (χ4v) is 4.16. The summed E-state index contributed by atoms with van der Waals surface area (Å²) in [4.78, 5) is 0. The van der Waals surface area contributed by atoms with E-state index in [4.69, 9.17) is 1.37 Å². The molecular formula is C23H26N+. The molecule has 24 heavy (non-hydrogen) atoms. The second-order valence-corrected chi connectivity index (χ2v) is 7.28. The molecule has 1 fully saturated rings. The second-order valence-electron chi connectivity index (χ2n) is 7.28. The lowest BCUT2D eigenvalue weighted by atomic mass is 9.92. The highest BCUT2D eigenvalue weighted by molar-refractivity contribution is 5.94. The average Bonchev–Trinajstić information content (AvgIpc) is 3.12. The van der Waals surface area contributed by atoms with E-state index in [0.29, 0.717) is 6.04 Å². The Morgan fingerprint density at radius 3 is 2.62 bits per heavy atom. The summed E-state index contributed by atoms with van der Waals surface area (Å²) in [6, 6.07) is 13.8. The minimum absolute atomic E-state index is 0.581. The third kappa shape index (κ3) is 2.53. The van der Waals surface area contributed by atoms with Gasteiger partial charge in [0.15, 0.2) is 6.20 Å². The first-order valence-electron chi connectivity index (χ1n) is 9.55. The molecule has 4 rings (SSSR count). The number of fused-ring (bicyclic) bond motifs is 1. The molecule has 0 bridgehead atoms. The lowest BCUT2D eigenvalue weighted by molar-refractivity contribution is -0.659. The Hall–Kier alpha value is -2.15. The van der Waals surface area contributed by atoms with E-state index >= 15 is 0 Å². The summed E-state index contributed by atoms with van der Waals surface area (Å²) >= 11 is 0. The molecule has 3 aromatic rings. The van der Waals surface area contributed by atoms with Crippen LogP contribution in [-0.2, 0) is 7.05 Å². The maximum Gasteiger partial charge on any atom is 0.220 e. The van der Waals surface area contributed by atoms with E-state index in [9.17, 15) is 0 Å². The van der Waals surface area contributed by atoms with Crippen molar-refractivity contribution in [3.8, 4) is 11.3 Å². The van der Waals surface area contributed by atoms with Crippen LogP contribution >= 0.6 is 0 Å². The van der Waals surface area contributed by atoms with Gasteiger partial charge < -0.3 is 0 Å². The summed E-state index contributed by atoms with van der Waals surface area (Å²) in [5.41, 5.74) is 6.32. The van der Waals surface area contributed by atoms with E-state index in [-0.39, 0.29) is 0 Å². The van der Waals surface area contributed by atoms with Crippen LogP contribution in [0.2, 0.25) is 0 Å². The third-order valence-electron chi connectivity index (χ3n) is 5.77. The van der Waals surface area contributed by atoms with Crippen molar-refractivity contribution in [1.29, 1.82) is 0 Å². The molecule has 0 aliphatic heterocycles. The van der Waals surface area contributed by atoms with Crippen molar-refractivity contribution < 1.29 is 5.94 Å². The molecule has 1 heterocycles. The Morgan fingerprint density at radius 1 is 1.04 bits per heavy atom. The maximum absolute atomic E-state index is 8.14. The zero-order chi connectivity index (χ0) is 17.6. The number of hydrogen-bond acceptors (Lipinski definition) is 0. The molecule has 0 radical (unpaired) electrons. The Balaban J connectivity index is 1.93. The summed E-state index contributed by atoms with van der Waals surface area (Å²) < 4.78 is 10.3. The van der Waals surface area contributed by atoms with Crippen molar-refractivity contribution in [1.82, 2.24) is 0 Å². The first-order valence-corrected chi connectivity index (χ1v) is 9.05. The number of benzene rings is 2. The van der Waals surface area contributed by atoms with Crippen molar-refractivity contribution in [2.45, 2.75) is 45.4 Å². The van der Waals surface area contributed by atoms with Crippen molar-refractivity contribution in [2.24, 2.45) is 7.05 Å². The van der Waals surface area contributed by atoms with Crippen LogP contribution in [0.5, 0.6) is 0 Å². The largest absolute Gasteiger partial charge is 0.220 e. The van der Waals surface area contributed by atoms with E-state index in [1.54, 1.807) is 0 Å². The van der Waals surface area contributed by atoms with E-state index in [0.717, 1.165) is 5.92 Å². The average molecular weight is 317 g/mol. The van der Waals surface area contributed by atoms with E-state index in [1.807, 2.05) is 12.1 Å². The van der Waals surface area contributed by atoms with Gasteiger partial charge in [0.1, 0.15) is 7.05 Å². The van der Waals surface area contributed by atoms with Gasteiger partial charge in [0.2, 0.25) is 5.69 Å². The minimum atomic E-state index is 0.581. The van der Waals surface area contributed by atoms with Gasteiger partial charge in [-0.25, -0.2) is 4.57 Å². The molecule has 0 unspecified atom stereocenters. The number of aromatic nitrogens is 1. The van der Waals surface area contributed by atoms with Gasteiger partial charge in [0, 0.05) is 11.6 Å². The first-order chi connectivity index (χ1) is 12.0. The molecule has 1 saturated carbocycles. The Bertz CT molecular complexity index is 952. The lowest BCUT2D eigenvalue weighted by Gasteiger charge is -2.13. The Kier molecular flexibility index (Phi) is 3.58. The Morgan fingerprint density at radius 2 is 1.83 bits per heavy atom. The van der Waals surface area contributed by atoms with Gasteiger partial charge in [-0.3, -0.25) is 0 Å². The summed E-state index contributed by atoms with van der Waals surface area (Å²) in [7, 11) is 2.10. The van der Waals surface area contributed by atoms with Crippen LogP contribution in [0.1, 0.15) is 49.7 Å². The molecule has 122 valence electrons. The zero-order valence-corrected chi connectivity index (χ0v) is 14.9. The smallest absolute Gasteiger partial charge is 0.200 e. The van der Waals surface area contributed by atoms with Gasteiger partial charge in [-0.15, -0.1) is 0 Å². The lowest BCUT2D eigenvalue weighted by Crippen LogP contribution is -2.30. The van der Waals surface area contributed by atoms with Gasteiger partial charge >= 0.3 is 0 Å². The highest BCUT2D eigenvalue weighted by Gasteiger charge is 2.20. The summed E-state index contributed by atoms with van der Waals surface area (Å²) in [6.45, 7) is 4.26. The van der Waals surface area contributed by atoms with E-state index in [1.165, 1.54) is 64.4 Å². The predicted octanol–water partition coefficient (Wildman–Crippen LogP) is 5.61. The van der Waals surface area contributed by atoms with Crippen LogP contribution in [-0.4, -0.2) is 0 Å². The normalized spacial score (nSPS) is 15.9. The van der Waals surface area contributed by atoms with Gasteiger partial charge in [0.25, 0.3) is 0 Å². The number of pyridine rings is 1. The molecule has 1 nitrogen and oxygen atoms in total. The molecule has 0 amide bonds. The first kappa shape index (κ1) is 14.2. The highest BCUT2D eigenvalue weighted by atomic mass is 14.9. The fraction of sp³-hybridized carbons (Fsp3) is 0.348. The molecule has 0 spiro atoms. The van der Waals surface area contributed by atoms with Gasteiger partial charge in [-0.2, -0.15) is 0 Å². The number of aryl methyl sites for hydroxylation is 2. The quantitative estimate of drug-likeness (QED) is 0.541.